The third-order valence-electron chi connectivity index (χ3n) is 2.01. The average Bonchev–Trinajstić information content (AvgIpc) is 2.18. The zero-order valence-electron chi connectivity index (χ0n) is 9.20. The van der Waals surface area contributed by atoms with E-state index in [-0.39, 0.29) is 5.82 Å². The van der Waals surface area contributed by atoms with Gasteiger partial charge in [0.1, 0.15) is 5.82 Å². The Labute approximate surface area is 90.2 Å². The molecular formula is C12H17FN2. The Morgan fingerprint density at radius 2 is 2.13 bits per heavy atom. The van der Waals surface area contributed by atoms with Gasteiger partial charge in [0.25, 0.3) is 0 Å². The molecule has 2 N–H and O–H groups in total. The molecule has 0 fully saturated rings. The van der Waals surface area contributed by atoms with Gasteiger partial charge >= 0.3 is 0 Å². The first-order valence-corrected chi connectivity index (χ1v) is 4.93. The summed E-state index contributed by atoms with van der Waals surface area (Å²) in [7, 11) is 3.84. The van der Waals surface area contributed by atoms with Gasteiger partial charge in [-0.05, 0) is 25.7 Å². The normalized spacial score (nSPS) is 11.5. The van der Waals surface area contributed by atoms with Crippen LogP contribution in [0.15, 0.2) is 24.3 Å². The molecule has 0 radical (unpaired) electrons. The molecule has 0 spiro atoms. The standard InChI is InChI=1S/C12H17FN2/c1-15(2)9-11-6-5-10(4-3-7-14)8-12(11)13/h3-6,8H,7,9,14H2,1-2H3/b4-3+. The van der Waals surface area contributed by atoms with Gasteiger partial charge in [-0.3, -0.25) is 0 Å². The number of hydrogen-bond donors (Lipinski definition) is 1. The van der Waals surface area contributed by atoms with Gasteiger partial charge in [-0.15, -0.1) is 0 Å². The quantitative estimate of drug-likeness (QED) is 0.818. The first-order valence-electron chi connectivity index (χ1n) is 4.93. The number of benzene rings is 1. The summed E-state index contributed by atoms with van der Waals surface area (Å²) in [5.74, 6) is -0.164. The fourth-order valence-corrected chi connectivity index (χ4v) is 1.34. The summed E-state index contributed by atoms with van der Waals surface area (Å²) in [5.41, 5.74) is 6.88. The fraction of sp³-hybridized carbons (Fsp3) is 0.333. The molecule has 1 aromatic rings. The summed E-state index contributed by atoms with van der Waals surface area (Å²) in [6.07, 6.45) is 3.63. The van der Waals surface area contributed by atoms with Gasteiger partial charge in [-0.1, -0.05) is 24.3 Å². The lowest BCUT2D eigenvalue weighted by atomic mass is 10.1. The molecule has 1 aromatic carbocycles. The third kappa shape index (κ3) is 3.81. The van der Waals surface area contributed by atoms with Crippen LogP contribution in [0, 0.1) is 5.82 Å². The molecule has 0 aliphatic heterocycles. The van der Waals surface area contributed by atoms with E-state index in [1.807, 2.05) is 37.2 Å². The molecular weight excluding hydrogens is 191 g/mol. The van der Waals surface area contributed by atoms with E-state index in [9.17, 15) is 4.39 Å². The molecule has 0 amide bonds. The summed E-state index contributed by atoms with van der Waals surface area (Å²) in [5, 5.41) is 0. The summed E-state index contributed by atoms with van der Waals surface area (Å²) in [6, 6.07) is 5.24. The summed E-state index contributed by atoms with van der Waals surface area (Å²) in [6.45, 7) is 1.09. The Bertz CT molecular complexity index is 345. The Hall–Kier alpha value is -1.19. The predicted octanol–water partition coefficient (Wildman–Crippen LogP) is 1.86. The highest BCUT2D eigenvalue weighted by molar-refractivity contribution is 5.50. The molecule has 1 rings (SSSR count). The molecule has 0 saturated carbocycles. The SMILES string of the molecule is CN(C)Cc1ccc(/C=C/CN)cc1F. The van der Waals surface area contributed by atoms with Gasteiger partial charge in [-0.2, -0.15) is 0 Å². The van der Waals surface area contributed by atoms with E-state index in [1.165, 1.54) is 6.07 Å². The number of halogens is 1. The van der Waals surface area contributed by atoms with E-state index in [4.69, 9.17) is 5.73 Å². The van der Waals surface area contributed by atoms with E-state index in [1.54, 1.807) is 6.08 Å². The largest absolute Gasteiger partial charge is 0.327 e. The molecule has 0 aliphatic rings. The van der Waals surface area contributed by atoms with Gasteiger partial charge < -0.3 is 10.6 Å². The molecule has 0 aliphatic carbocycles. The average molecular weight is 208 g/mol. The van der Waals surface area contributed by atoms with E-state index >= 15 is 0 Å². The van der Waals surface area contributed by atoms with E-state index in [2.05, 4.69) is 0 Å². The molecule has 0 aromatic heterocycles. The minimum atomic E-state index is -0.164. The van der Waals surface area contributed by atoms with Crippen LogP contribution in [0.25, 0.3) is 6.08 Å². The topological polar surface area (TPSA) is 29.3 Å². The first-order chi connectivity index (χ1) is 7.13. The van der Waals surface area contributed by atoms with Crippen LogP contribution in [-0.4, -0.2) is 25.5 Å². The van der Waals surface area contributed by atoms with Gasteiger partial charge in [0.15, 0.2) is 0 Å². The van der Waals surface area contributed by atoms with E-state index < -0.39 is 0 Å². The summed E-state index contributed by atoms with van der Waals surface area (Å²) in [4.78, 5) is 1.94. The van der Waals surface area contributed by atoms with Crippen molar-refractivity contribution in [1.29, 1.82) is 0 Å². The van der Waals surface area contributed by atoms with Gasteiger partial charge in [0, 0.05) is 18.7 Å². The zero-order chi connectivity index (χ0) is 11.3. The lowest BCUT2D eigenvalue weighted by Gasteiger charge is -2.10. The van der Waals surface area contributed by atoms with Crippen LogP contribution in [0.2, 0.25) is 0 Å². The second-order valence-corrected chi connectivity index (χ2v) is 3.73. The Balaban J connectivity index is 2.83. The molecule has 0 saturated heterocycles. The molecule has 0 unspecified atom stereocenters. The van der Waals surface area contributed by atoms with Crippen molar-refractivity contribution in [3.8, 4) is 0 Å². The van der Waals surface area contributed by atoms with Crippen molar-refractivity contribution in [2.75, 3.05) is 20.6 Å². The number of nitrogens with zero attached hydrogens (tertiary/aromatic N) is 1. The van der Waals surface area contributed by atoms with Crippen LogP contribution in [0.4, 0.5) is 4.39 Å². The van der Waals surface area contributed by atoms with Crippen LogP contribution < -0.4 is 5.73 Å². The molecule has 15 heavy (non-hydrogen) atoms. The zero-order valence-corrected chi connectivity index (χ0v) is 9.20. The van der Waals surface area contributed by atoms with Gasteiger partial charge in [-0.25, -0.2) is 4.39 Å². The van der Waals surface area contributed by atoms with Crippen LogP contribution in [0.3, 0.4) is 0 Å². The van der Waals surface area contributed by atoms with Crippen molar-refractivity contribution in [2.45, 2.75) is 6.54 Å². The van der Waals surface area contributed by atoms with Gasteiger partial charge in [0.05, 0.1) is 0 Å². The highest BCUT2D eigenvalue weighted by Gasteiger charge is 2.03. The van der Waals surface area contributed by atoms with Gasteiger partial charge in [0.2, 0.25) is 0 Å². The minimum Gasteiger partial charge on any atom is -0.327 e. The number of nitrogens with two attached hydrogens (primary N) is 1. The number of hydrogen-bond acceptors (Lipinski definition) is 2. The summed E-state index contributed by atoms with van der Waals surface area (Å²) < 4.78 is 13.5. The second-order valence-electron chi connectivity index (χ2n) is 3.73. The van der Waals surface area contributed by atoms with Crippen molar-refractivity contribution < 1.29 is 4.39 Å². The van der Waals surface area contributed by atoms with E-state index in [0.29, 0.717) is 18.7 Å². The Kier molecular flexibility index (Phi) is 4.46. The van der Waals surface area contributed by atoms with E-state index in [0.717, 1.165) is 5.56 Å². The maximum Gasteiger partial charge on any atom is 0.128 e. The van der Waals surface area contributed by atoms with Crippen LogP contribution in [0.1, 0.15) is 11.1 Å². The predicted molar refractivity (Wildman–Crippen MR) is 61.9 cm³/mol. The molecule has 0 atom stereocenters. The highest BCUT2D eigenvalue weighted by Crippen LogP contribution is 2.12. The van der Waals surface area contributed by atoms with Crippen LogP contribution in [-0.2, 0) is 6.54 Å². The lowest BCUT2D eigenvalue weighted by Crippen LogP contribution is -2.11. The molecule has 0 heterocycles. The number of rotatable bonds is 4. The second kappa shape index (κ2) is 5.63. The van der Waals surface area contributed by atoms with Crippen LogP contribution in [0.5, 0.6) is 0 Å². The molecule has 3 heteroatoms. The Morgan fingerprint density at radius 1 is 1.40 bits per heavy atom. The lowest BCUT2D eigenvalue weighted by molar-refractivity contribution is 0.392. The minimum absolute atomic E-state index is 0.164. The summed E-state index contributed by atoms with van der Waals surface area (Å²) >= 11 is 0. The van der Waals surface area contributed by atoms with Crippen molar-refractivity contribution in [1.82, 2.24) is 4.90 Å². The maximum absolute atomic E-state index is 13.5. The van der Waals surface area contributed by atoms with Crippen LogP contribution >= 0.6 is 0 Å². The van der Waals surface area contributed by atoms with Crippen molar-refractivity contribution in [3.63, 3.8) is 0 Å². The maximum atomic E-state index is 13.5. The monoisotopic (exact) mass is 208 g/mol. The molecule has 0 bridgehead atoms. The molecule has 2 nitrogen and oxygen atoms in total. The molecule has 82 valence electrons. The van der Waals surface area contributed by atoms with Crippen molar-refractivity contribution in [2.24, 2.45) is 5.73 Å². The first kappa shape index (κ1) is 11.9. The fourth-order valence-electron chi connectivity index (χ4n) is 1.34. The third-order valence-corrected chi connectivity index (χ3v) is 2.01. The smallest absolute Gasteiger partial charge is 0.128 e. The Morgan fingerprint density at radius 3 is 2.67 bits per heavy atom. The highest BCUT2D eigenvalue weighted by atomic mass is 19.1. The van der Waals surface area contributed by atoms with Crippen molar-refractivity contribution >= 4 is 6.08 Å². The van der Waals surface area contributed by atoms with Crippen molar-refractivity contribution in [3.05, 3.63) is 41.2 Å².